The lowest BCUT2D eigenvalue weighted by molar-refractivity contribution is 0.270. The van der Waals surface area contributed by atoms with Gasteiger partial charge in [-0.3, -0.25) is 0 Å². The van der Waals surface area contributed by atoms with Crippen molar-refractivity contribution in [3.8, 4) is 0 Å². The lowest BCUT2D eigenvalue weighted by atomic mass is 10.0. The SMILES string of the molecule is Cc1nc(CO)n2cccc(CCc3ccccc3)c12. The van der Waals surface area contributed by atoms with E-state index in [0.29, 0.717) is 5.82 Å². The van der Waals surface area contributed by atoms with Crippen LogP contribution in [0, 0.1) is 6.92 Å². The molecule has 0 fully saturated rings. The Kier molecular flexibility index (Phi) is 3.52. The predicted octanol–water partition coefficient (Wildman–Crippen LogP) is 2.92. The fourth-order valence-corrected chi connectivity index (χ4v) is 2.71. The number of benzene rings is 1. The first-order chi connectivity index (χ1) is 9.79. The van der Waals surface area contributed by atoms with Gasteiger partial charge in [0.15, 0.2) is 0 Å². The van der Waals surface area contributed by atoms with Crippen LogP contribution in [0.2, 0.25) is 0 Å². The highest BCUT2D eigenvalue weighted by atomic mass is 16.3. The highest BCUT2D eigenvalue weighted by Gasteiger charge is 2.10. The molecule has 3 rings (SSSR count). The summed E-state index contributed by atoms with van der Waals surface area (Å²) in [7, 11) is 0. The molecule has 3 aromatic rings. The molecule has 0 spiro atoms. The van der Waals surface area contributed by atoms with Gasteiger partial charge < -0.3 is 9.51 Å². The van der Waals surface area contributed by atoms with Crippen LogP contribution >= 0.6 is 0 Å². The maximum absolute atomic E-state index is 9.36. The standard InChI is InChI=1S/C17H18N2O/c1-13-17-15(10-9-14-6-3-2-4-7-14)8-5-11-19(17)16(12-20)18-13/h2-8,11,20H,9-10,12H2,1H3. The van der Waals surface area contributed by atoms with Crippen LogP contribution in [-0.4, -0.2) is 14.5 Å². The van der Waals surface area contributed by atoms with E-state index in [0.717, 1.165) is 24.1 Å². The van der Waals surface area contributed by atoms with E-state index in [1.807, 2.05) is 29.7 Å². The third kappa shape index (κ3) is 2.32. The largest absolute Gasteiger partial charge is 0.388 e. The summed E-state index contributed by atoms with van der Waals surface area (Å²) in [6.07, 6.45) is 3.96. The minimum absolute atomic E-state index is 0.0306. The number of imidazole rings is 1. The van der Waals surface area contributed by atoms with Crippen LogP contribution in [0.25, 0.3) is 5.52 Å². The molecule has 0 saturated carbocycles. The molecule has 0 aliphatic rings. The predicted molar refractivity (Wildman–Crippen MR) is 79.7 cm³/mol. The first-order valence-electron chi connectivity index (χ1n) is 6.90. The molecule has 0 bridgehead atoms. The van der Waals surface area contributed by atoms with E-state index >= 15 is 0 Å². The van der Waals surface area contributed by atoms with Gasteiger partial charge in [-0.2, -0.15) is 0 Å². The van der Waals surface area contributed by atoms with E-state index in [9.17, 15) is 5.11 Å². The minimum Gasteiger partial charge on any atom is -0.388 e. The maximum atomic E-state index is 9.36. The monoisotopic (exact) mass is 266 g/mol. The molecule has 0 amide bonds. The van der Waals surface area contributed by atoms with Gasteiger partial charge >= 0.3 is 0 Å². The number of fused-ring (bicyclic) bond motifs is 1. The van der Waals surface area contributed by atoms with Gasteiger partial charge in [-0.15, -0.1) is 0 Å². The number of aliphatic hydroxyl groups is 1. The lowest BCUT2D eigenvalue weighted by Gasteiger charge is -2.06. The van der Waals surface area contributed by atoms with Crippen molar-refractivity contribution in [1.29, 1.82) is 0 Å². The molecule has 2 aromatic heterocycles. The summed E-state index contributed by atoms with van der Waals surface area (Å²) in [6.45, 7) is 1.97. The van der Waals surface area contributed by atoms with Crippen LogP contribution in [0.15, 0.2) is 48.7 Å². The van der Waals surface area contributed by atoms with Crippen molar-refractivity contribution in [2.24, 2.45) is 0 Å². The van der Waals surface area contributed by atoms with Crippen LogP contribution < -0.4 is 0 Å². The average Bonchev–Trinajstić information content (AvgIpc) is 2.83. The van der Waals surface area contributed by atoms with Crippen LogP contribution in [0.1, 0.15) is 22.6 Å². The first kappa shape index (κ1) is 12.9. The van der Waals surface area contributed by atoms with E-state index < -0.39 is 0 Å². The van der Waals surface area contributed by atoms with E-state index in [-0.39, 0.29) is 6.61 Å². The summed E-state index contributed by atoms with van der Waals surface area (Å²) in [6, 6.07) is 14.7. The average molecular weight is 266 g/mol. The van der Waals surface area contributed by atoms with Crippen LogP contribution in [0.5, 0.6) is 0 Å². The second kappa shape index (κ2) is 5.47. The molecule has 102 valence electrons. The molecule has 20 heavy (non-hydrogen) atoms. The zero-order valence-electron chi connectivity index (χ0n) is 11.6. The molecule has 1 N–H and O–H groups in total. The highest BCUT2D eigenvalue weighted by Crippen LogP contribution is 2.19. The molecule has 0 atom stereocenters. The summed E-state index contributed by atoms with van der Waals surface area (Å²) in [4.78, 5) is 4.44. The molecular formula is C17H18N2O. The number of hydrogen-bond donors (Lipinski definition) is 1. The molecular weight excluding hydrogens is 248 g/mol. The fourth-order valence-electron chi connectivity index (χ4n) is 2.71. The number of aryl methyl sites for hydroxylation is 3. The lowest BCUT2D eigenvalue weighted by Crippen LogP contribution is -1.98. The third-order valence-corrected chi connectivity index (χ3v) is 3.66. The Balaban J connectivity index is 1.94. The number of aliphatic hydroxyl groups excluding tert-OH is 1. The van der Waals surface area contributed by atoms with Gasteiger partial charge in [0.2, 0.25) is 0 Å². The molecule has 0 saturated heterocycles. The van der Waals surface area contributed by atoms with Gasteiger partial charge in [0.05, 0.1) is 11.2 Å². The number of pyridine rings is 1. The number of hydrogen-bond acceptors (Lipinski definition) is 2. The van der Waals surface area contributed by atoms with Crippen molar-refractivity contribution in [1.82, 2.24) is 9.38 Å². The Bertz CT molecular complexity index is 716. The fraction of sp³-hybridized carbons (Fsp3) is 0.235. The molecule has 1 aromatic carbocycles. The first-order valence-corrected chi connectivity index (χ1v) is 6.90. The summed E-state index contributed by atoms with van der Waals surface area (Å²) in [5, 5.41) is 9.36. The van der Waals surface area contributed by atoms with E-state index in [1.54, 1.807) is 0 Å². The number of rotatable bonds is 4. The second-order valence-electron chi connectivity index (χ2n) is 5.01. The van der Waals surface area contributed by atoms with Gasteiger partial charge in [0.25, 0.3) is 0 Å². The van der Waals surface area contributed by atoms with Crippen molar-refractivity contribution in [3.05, 3.63) is 71.3 Å². The molecule has 2 heterocycles. The molecule has 3 nitrogen and oxygen atoms in total. The molecule has 0 radical (unpaired) electrons. The van der Waals surface area contributed by atoms with E-state index in [1.165, 1.54) is 11.1 Å². The zero-order chi connectivity index (χ0) is 13.9. The van der Waals surface area contributed by atoms with E-state index in [2.05, 4.69) is 35.3 Å². The number of nitrogens with zero attached hydrogens (tertiary/aromatic N) is 2. The minimum atomic E-state index is -0.0306. The van der Waals surface area contributed by atoms with Crippen molar-refractivity contribution >= 4 is 5.52 Å². The van der Waals surface area contributed by atoms with Crippen molar-refractivity contribution < 1.29 is 5.11 Å². The molecule has 3 heteroatoms. The van der Waals surface area contributed by atoms with Gasteiger partial charge in [-0.25, -0.2) is 4.98 Å². The zero-order valence-corrected chi connectivity index (χ0v) is 11.6. The Hall–Kier alpha value is -2.13. The Morgan fingerprint density at radius 1 is 1.05 bits per heavy atom. The van der Waals surface area contributed by atoms with Gasteiger partial charge in [0.1, 0.15) is 12.4 Å². The van der Waals surface area contributed by atoms with Gasteiger partial charge in [0, 0.05) is 6.20 Å². The number of aromatic nitrogens is 2. The van der Waals surface area contributed by atoms with Crippen molar-refractivity contribution in [2.45, 2.75) is 26.4 Å². The highest BCUT2D eigenvalue weighted by molar-refractivity contribution is 5.59. The Labute approximate surface area is 118 Å². The third-order valence-electron chi connectivity index (χ3n) is 3.66. The molecule has 0 aliphatic heterocycles. The smallest absolute Gasteiger partial charge is 0.139 e. The summed E-state index contributed by atoms with van der Waals surface area (Å²) >= 11 is 0. The Morgan fingerprint density at radius 2 is 1.85 bits per heavy atom. The molecule has 0 unspecified atom stereocenters. The molecule has 0 aliphatic carbocycles. The topological polar surface area (TPSA) is 37.5 Å². The summed E-state index contributed by atoms with van der Waals surface area (Å²) < 4.78 is 2.00. The Morgan fingerprint density at radius 3 is 2.60 bits per heavy atom. The van der Waals surface area contributed by atoms with Gasteiger partial charge in [-0.1, -0.05) is 36.4 Å². The summed E-state index contributed by atoms with van der Waals surface area (Å²) in [5.41, 5.74) is 4.74. The van der Waals surface area contributed by atoms with Crippen LogP contribution in [-0.2, 0) is 19.4 Å². The van der Waals surface area contributed by atoms with Crippen LogP contribution in [0.3, 0.4) is 0 Å². The van der Waals surface area contributed by atoms with Crippen molar-refractivity contribution in [2.75, 3.05) is 0 Å². The maximum Gasteiger partial charge on any atom is 0.139 e. The summed E-state index contributed by atoms with van der Waals surface area (Å²) in [5.74, 6) is 0.707. The second-order valence-corrected chi connectivity index (χ2v) is 5.01. The van der Waals surface area contributed by atoms with E-state index in [4.69, 9.17) is 0 Å². The normalized spacial score (nSPS) is 11.1. The van der Waals surface area contributed by atoms with Crippen LogP contribution in [0.4, 0.5) is 0 Å². The van der Waals surface area contributed by atoms with Gasteiger partial charge in [-0.05, 0) is 37.0 Å². The van der Waals surface area contributed by atoms with Crippen molar-refractivity contribution in [3.63, 3.8) is 0 Å². The quantitative estimate of drug-likeness (QED) is 0.788.